The number of hydrogen-bond donors (Lipinski definition) is 0. The Morgan fingerprint density at radius 3 is 2.76 bits per heavy atom. The van der Waals surface area contributed by atoms with Crippen LogP contribution in [0.2, 0.25) is 5.02 Å². The molecule has 1 aliphatic heterocycles. The Balaban J connectivity index is 2.12. The summed E-state index contributed by atoms with van der Waals surface area (Å²) in [6, 6.07) is 2.15. The van der Waals surface area contributed by atoms with E-state index in [9.17, 15) is 8.78 Å². The highest BCUT2D eigenvalue weighted by atomic mass is 79.9. The Labute approximate surface area is 112 Å². The summed E-state index contributed by atoms with van der Waals surface area (Å²) in [7, 11) is 0. The van der Waals surface area contributed by atoms with Gasteiger partial charge in [-0.05, 0) is 37.0 Å². The standard InChI is InChI=1S/C12H12BrClF2O/c13-9(4-7-2-1-3-17-7)8-5-11(15)12(16)6-10(8)14/h5-7,9H,1-4H2. The number of benzene rings is 1. The maximum atomic E-state index is 13.1. The molecule has 1 aromatic rings. The van der Waals surface area contributed by atoms with E-state index in [0.717, 1.165) is 31.6 Å². The summed E-state index contributed by atoms with van der Waals surface area (Å²) in [5.74, 6) is -1.79. The van der Waals surface area contributed by atoms with Gasteiger partial charge in [-0.25, -0.2) is 8.78 Å². The highest BCUT2D eigenvalue weighted by Gasteiger charge is 2.22. The van der Waals surface area contributed by atoms with Gasteiger partial charge in [-0.15, -0.1) is 0 Å². The van der Waals surface area contributed by atoms with Crippen molar-refractivity contribution in [2.45, 2.75) is 30.2 Å². The molecule has 0 radical (unpaired) electrons. The second-order valence-corrected chi connectivity index (χ2v) is 5.64. The Morgan fingerprint density at radius 2 is 2.12 bits per heavy atom. The molecule has 0 aliphatic carbocycles. The zero-order valence-corrected chi connectivity index (χ0v) is 11.4. The third-order valence-electron chi connectivity index (χ3n) is 2.87. The lowest BCUT2D eigenvalue weighted by Crippen LogP contribution is -2.08. The van der Waals surface area contributed by atoms with Gasteiger partial charge in [0.1, 0.15) is 0 Å². The number of ether oxygens (including phenoxy) is 1. The topological polar surface area (TPSA) is 9.23 Å². The molecule has 17 heavy (non-hydrogen) atoms. The molecule has 1 fully saturated rings. The van der Waals surface area contributed by atoms with Crippen LogP contribution in [0.1, 0.15) is 29.7 Å². The molecular formula is C12H12BrClF2O. The van der Waals surface area contributed by atoms with Crippen LogP contribution in [0, 0.1) is 11.6 Å². The Morgan fingerprint density at radius 1 is 1.41 bits per heavy atom. The van der Waals surface area contributed by atoms with Gasteiger partial charge in [0.05, 0.1) is 6.10 Å². The molecule has 2 unspecified atom stereocenters. The number of alkyl halides is 1. The number of hydrogen-bond acceptors (Lipinski definition) is 1. The second-order valence-electron chi connectivity index (χ2n) is 4.13. The molecule has 5 heteroatoms. The van der Waals surface area contributed by atoms with Gasteiger partial charge in [-0.2, -0.15) is 0 Å². The zero-order chi connectivity index (χ0) is 12.4. The van der Waals surface area contributed by atoms with Crippen molar-refractivity contribution < 1.29 is 13.5 Å². The average Bonchev–Trinajstić information content (AvgIpc) is 2.76. The molecule has 1 nitrogen and oxygen atoms in total. The Hall–Kier alpha value is -0.190. The van der Waals surface area contributed by atoms with Crippen LogP contribution < -0.4 is 0 Å². The van der Waals surface area contributed by atoms with Gasteiger partial charge in [0.25, 0.3) is 0 Å². The molecule has 0 saturated carbocycles. The van der Waals surface area contributed by atoms with Gasteiger partial charge < -0.3 is 4.74 Å². The molecule has 0 amide bonds. The van der Waals surface area contributed by atoms with Gasteiger partial charge in [0.2, 0.25) is 0 Å². The number of halogens is 4. The summed E-state index contributed by atoms with van der Waals surface area (Å²) in [4.78, 5) is -0.117. The van der Waals surface area contributed by atoms with E-state index in [1.54, 1.807) is 0 Å². The van der Waals surface area contributed by atoms with Crippen LogP contribution in [0.3, 0.4) is 0 Å². The maximum Gasteiger partial charge on any atom is 0.160 e. The predicted molar refractivity (Wildman–Crippen MR) is 66.6 cm³/mol. The first kappa shape index (κ1) is 13.2. The van der Waals surface area contributed by atoms with E-state index in [1.165, 1.54) is 0 Å². The van der Waals surface area contributed by atoms with Crippen molar-refractivity contribution in [2.24, 2.45) is 0 Å². The van der Waals surface area contributed by atoms with E-state index in [0.29, 0.717) is 12.0 Å². The van der Waals surface area contributed by atoms with Crippen LogP contribution in [-0.2, 0) is 4.74 Å². The fourth-order valence-electron chi connectivity index (χ4n) is 1.97. The maximum absolute atomic E-state index is 13.1. The van der Waals surface area contributed by atoms with E-state index >= 15 is 0 Å². The lowest BCUT2D eigenvalue weighted by Gasteiger charge is -2.16. The van der Waals surface area contributed by atoms with E-state index in [1.807, 2.05) is 0 Å². The van der Waals surface area contributed by atoms with E-state index in [4.69, 9.17) is 16.3 Å². The summed E-state index contributed by atoms with van der Waals surface area (Å²) in [6.45, 7) is 0.774. The van der Waals surface area contributed by atoms with Crippen LogP contribution in [0.5, 0.6) is 0 Å². The zero-order valence-electron chi connectivity index (χ0n) is 9.06. The van der Waals surface area contributed by atoms with Crippen LogP contribution >= 0.6 is 27.5 Å². The van der Waals surface area contributed by atoms with Crippen molar-refractivity contribution >= 4 is 27.5 Å². The first-order valence-electron chi connectivity index (χ1n) is 5.48. The molecule has 0 aromatic heterocycles. The third kappa shape index (κ3) is 3.18. The smallest absolute Gasteiger partial charge is 0.160 e. The Kier molecular flexibility index (Phi) is 4.39. The SMILES string of the molecule is Fc1cc(Cl)c(C(Br)CC2CCCO2)cc1F. The summed E-state index contributed by atoms with van der Waals surface area (Å²) in [5, 5.41) is 0.240. The molecule has 1 heterocycles. The molecule has 2 atom stereocenters. The molecule has 0 spiro atoms. The molecule has 0 bridgehead atoms. The van der Waals surface area contributed by atoms with Crippen molar-refractivity contribution in [3.05, 3.63) is 34.4 Å². The second kappa shape index (κ2) is 5.63. The highest BCUT2D eigenvalue weighted by molar-refractivity contribution is 9.09. The summed E-state index contributed by atoms with van der Waals surface area (Å²) < 4.78 is 31.6. The molecule has 94 valence electrons. The number of rotatable bonds is 3. The molecule has 1 aliphatic rings. The van der Waals surface area contributed by atoms with Crippen LogP contribution in [0.4, 0.5) is 8.78 Å². The molecular weight excluding hydrogens is 313 g/mol. The third-order valence-corrected chi connectivity index (χ3v) is 4.07. The van der Waals surface area contributed by atoms with Crippen LogP contribution in [0.25, 0.3) is 0 Å². The van der Waals surface area contributed by atoms with Gasteiger partial charge >= 0.3 is 0 Å². The minimum atomic E-state index is -0.921. The van der Waals surface area contributed by atoms with E-state index in [-0.39, 0.29) is 16.0 Å². The fraction of sp³-hybridized carbons (Fsp3) is 0.500. The summed E-state index contributed by atoms with van der Waals surface area (Å²) in [5.41, 5.74) is 0.570. The largest absolute Gasteiger partial charge is 0.378 e. The van der Waals surface area contributed by atoms with E-state index in [2.05, 4.69) is 15.9 Å². The molecule has 1 saturated heterocycles. The molecule has 0 N–H and O–H groups in total. The van der Waals surface area contributed by atoms with Crippen LogP contribution in [-0.4, -0.2) is 12.7 Å². The van der Waals surface area contributed by atoms with Gasteiger partial charge in [0, 0.05) is 16.5 Å². The minimum absolute atomic E-state index is 0.117. The lowest BCUT2D eigenvalue weighted by atomic mass is 10.0. The van der Waals surface area contributed by atoms with Gasteiger partial charge in [-0.3, -0.25) is 0 Å². The monoisotopic (exact) mass is 324 g/mol. The summed E-state index contributed by atoms with van der Waals surface area (Å²) >= 11 is 9.36. The van der Waals surface area contributed by atoms with Crippen molar-refractivity contribution in [1.29, 1.82) is 0 Å². The highest BCUT2D eigenvalue weighted by Crippen LogP contribution is 2.36. The average molecular weight is 326 g/mol. The Bertz CT molecular complexity index is 408. The minimum Gasteiger partial charge on any atom is -0.378 e. The van der Waals surface area contributed by atoms with Gasteiger partial charge in [-0.1, -0.05) is 27.5 Å². The fourth-order valence-corrected chi connectivity index (χ4v) is 3.18. The van der Waals surface area contributed by atoms with Gasteiger partial charge in [0.15, 0.2) is 11.6 Å². The first-order valence-corrected chi connectivity index (χ1v) is 6.77. The quantitative estimate of drug-likeness (QED) is 0.582. The summed E-state index contributed by atoms with van der Waals surface area (Å²) in [6.07, 6.45) is 2.94. The van der Waals surface area contributed by atoms with Crippen molar-refractivity contribution in [3.8, 4) is 0 Å². The molecule has 2 rings (SSSR count). The van der Waals surface area contributed by atoms with Crippen molar-refractivity contribution in [2.75, 3.05) is 6.61 Å². The van der Waals surface area contributed by atoms with E-state index < -0.39 is 11.6 Å². The predicted octanol–water partition coefficient (Wildman–Crippen LogP) is 4.62. The van der Waals surface area contributed by atoms with Crippen LogP contribution in [0.15, 0.2) is 12.1 Å². The first-order chi connectivity index (χ1) is 8.08. The van der Waals surface area contributed by atoms with Crippen molar-refractivity contribution in [3.63, 3.8) is 0 Å². The normalized spacial score (nSPS) is 21.8. The molecule has 1 aromatic carbocycles. The lowest BCUT2D eigenvalue weighted by molar-refractivity contribution is 0.104. The van der Waals surface area contributed by atoms with Crippen molar-refractivity contribution in [1.82, 2.24) is 0 Å².